The highest BCUT2D eigenvalue weighted by molar-refractivity contribution is 5.78. The van der Waals surface area contributed by atoms with Gasteiger partial charge in [-0.3, -0.25) is 4.79 Å². The predicted molar refractivity (Wildman–Crippen MR) is 66.4 cm³/mol. The third kappa shape index (κ3) is 2.85. The summed E-state index contributed by atoms with van der Waals surface area (Å²) in [6.07, 6.45) is 7.78. The van der Waals surface area contributed by atoms with Gasteiger partial charge < -0.3 is 4.90 Å². The maximum Gasteiger partial charge on any atom is 0.133 e. The number of hydrogen-bond acceptors (Lipinski definition) is 2. The molecule has 0 radical (unpaired) electrons. The zero-order chi connectivity index (χ0) is 11.5. The first kappa shape index (κ1) is 12.1. The average molecular weight is 223 g/mol. The van der Waals surface area contributed by atoms with Crippen molar-refractivity contribution in [3.05, 3.63) is 0 Å². The Morgan fingerprint density at radius 3 is 2.38 bits per heavy atom. The van der Waals surface area contributed by atoms with Crippen molar-refractivity contribution in [1.82, 2.24) is 4.90 Å². The lowest BCUT2D eigenvalue weighted by Crippen LogP contribution is -2.44. The van der Waals surface area contributed by atoms with E-state index in [1.807, 2.05) is 0 Å². The Labute approximate surface area is 99.4 Å². The van der Waals surface area contributed by atoms with E-state index in [9.17, 15) is 4.79 Å². The van der Waals surface area contributed by atoms with Crippen molar-refractivity contribution in [2.24, 2.45) is 11.8 Å². The Morgan fingerprint density at radius 2 is 1.81 bits per heavy atom. The number of piperidine rings is 1. The van der Waals surface area contributed by atoms with Crippen molar-refractivity contribution < 1.29 is 4.79 Å². The second-order valence-corrected chi connectivity index (χ2v) is 5.85. The van der Waals surface area contributed by atoms with E-state index in [2.05, 4.69) is 11.8 Å². The molecule has 0 bridgehead atoms. The first-order valence-electron chi connectivity index (χ1n) is 6.91. The number of carbonyl (C=O) groups excluding carboxylic acids is 1. The van der Waals surface area contributed by atoms with Gasteiger partial charge in [-0.05, 0) is 51.6 Å². The molecule has 2 rings (SSSR count). The molecule has 0 amide bonds. The third-order valence-corrected chi connectivity index (χ3v) is 4.53. The third-order valence-electron chi connectivity index (χ3n) is 4.53. The fraction of sp³-hybridized carbons (Fsp3) is 0.929. The number of rotatable bonds is 2. The van der Waals surface area contributed by atoms with E-state index in [-0.39, 0.29) is 0 Å². The summed E-state index contributed by atoms with van der Waals surface area (Å²) < 4.78 is 0. The van der Waals surface area contributed by atoms with Crippen molar-refractivity contribution in [1.29, 1.82) is 0 Å². The first-order valence-corrected chi connectivity index (χ1v) is 6.91. The van der Waals surface area contributed by atoms with Gasteiger partial charge in [-0.25, -0.2) is 0 Å². The van der Waals surface area contributed by atoms with E-state index < -0.39 is 0 Å². The standard InChI is InChI=1S/C14H25NO/c1-11-4-3-5-14(10-11)15-8-6-13(7-9-15)12(2)16/h11,13-14H,3-10H2,1-2H3. The minimum atomic E-state index is 0.359. The number of hydrogen-bond donors (Lipinski definition) is 0. The number of likely N-dealkylation sites (tertiary alicyclic amines) is 1. The Kier molecular flexibility index (Phi) is 4.01. The second-order valence-electron chi connectivity index (χ2n) is 5.85. The zero-order valence-corrected chi connectivity index (χ0v) is 10.7. The molecule has 1 aliphatic carbocycles. The molecule has 16 heavy (non-hydrogen) atoms. The highest BCUT2D eigenvalue weighted by Gasteiger charge is 2.29. The molecule has 0 spiro atoms. The van der Waals surface area contributed by atoms with E-state index in [1.165, 1.54) is 25.7 Å². The average Bonchev–Trinajstić information content (AvgIpc) is 2.29. The smallest absolute Gasteiger partial charge is 0.133 e. The van der Waals surface area contributed by atoms with Crippen molar-refractivity contribution in [2.75, 3.05) is 13.1 Å². The van der Waals surface area contributed by atoms with Crippen LogP contribution in [0.5, 0.6) is 0 Å². The maximum absolute atomic E-state index is 11.3. The SMILES string of the molecule is CC(=O)C1CCN(C2CCCC(C)C2)CC1. The summed E-state index contributed by atoms with van der Waals surface area (Å²) in [7, 11) is 0. The fourth-order valence-corrected chi connectivity index (χ4v) is 3.40. The molecule has 1 saturated heterocycles. The van der Waals surface area contributed by atoms with Gasteiger partial charge in [0.25, 0.3) is 0 Å². The molecule has 1 saturated carbocycles. The number of nitrogens with zero attached hydrogens (tertiary/aromatic N) is 1. The lowest BCUT2D eigenvalue weighted by atomic mass is 9.84. The minimum Gasteiger partial charge on any atom is -0.300 e. The number of Topliss-reactive ketones (excluding diaryl/α,β-unsaturated/α-hetero) is 1. The summed E-state index contributed by atoms with van der Waals surface area (Å²) in [5.41, 5.74) is 0. The molecule has 1 aliphatic heterocycles. The molecule has 0 aromatic heterocycles. The molecular formula is C14H25NO. The van der Waals surface area contributed by atoms with Crippen molar-refractivity contribution in [2.45, 2.75) is 58.4 Å². The Hall–Kier alpha value is -0.370. The van der Waals surface area contributed by atoms with Gasteiger partial charge in [-0.1, -0.05) is 19.8 Å². The van der Waals surface area contributed by atoms with Crippen LogP contribution in [0.1, 0.15) is 52.4 Å². The van der Waals surface area contributed by atoms with Crippen molar-refractivity contribution in [3.63, 3.8) is 0 Å². The van der Waals surface area contributed by atoms with Crippen molar-refractivity contribution in [3.8, 4) is 0 Å². The van der Waals surface area contributed by atoms with Gasteiger partial charge >= 0.3 is 0 Å². The van der Waals surface area contributed by atoms with Gasteiger partial charge in [0.05, 0.1) is 0 Å². The van der Waals surface area contributed by atoms with E-state index in [0.717, 1.165) is 37.9 Å². The lowest BCUT2D eigenvalue weighted by molar-refractivity contribution is -0.122. The van der Waals surface area contributed by atoms with Crippen LogP contribution in [-0.2, 0) is 4.79 Å². The summed E-state index contributed by atoms with van der Waals surface area (Å²) in [6.45, 7) is 6.45. The van der Waals surface area contributed by atoms with Crippen LogP contribution in [0.2, 0.25) is 0 Å². The molecule has 2 fully saturated rings. The predicted octanol–water partition coefficient (Wildman–Crippen LogP) is 2.87. The topological polar surface area (TPSA) is 20.3 Å². The normalized spacial score (nSPS) is 33.9. The van der Waals surface area contributed by atoms with Crippen LogP contribution in [0.25, 0.3) is 0 Å². The fourth-order valence-electron chi connectivity index (χ4n) is 3.40. The largest absolute Gasteiger partial charge is 0.300 e. The summed E-state index contributed by atoms with van der Waals surface area (Å²) >= 11 is 0. The maximum atomic E-state index is 11.3. The van der Waals surface area contributed by atoms with E-state index in [4.69, 9.17) is 0 Å². The minimum absolute atomic E-state index is 0.359. The highest BCUT2D eigenvalue weighted by atomic mass is 16.1. The van der Waals surface area contributed by atoms with E-state index in [0.29, 0.717) is 11.7 Å². The van der Waals surface area contributed by atoms with Crippen LogP contribution in [0.3, 0.4) is 0 Å². The summed E-state index contributed by atoms with van der Waals surface area (Å²) in [4.78, 5) is 14.0. The van der Waals surface area contributed by atoms with Crippen LogP contribution >= 0.6 is 0 Å². The summed E-state index contributed by atoms with van der Waals surface area (Å²) in [5, 5.41) is 0. The molecule has 2 heteroatoms. The Bertz CT molecular complexity index is 243. The van der Waals surface area contributed by atoms with Crippen LogP contribution < -0.4 is 0 Å². The van der Waals surface area contributed by atoms with Gasteiger partial charge in [0.1, 0.15) is 5.78 Å². The molecule has 0 N–H and O–H groups in total. The zero-order valence-electron chi connectivity index (χ0n) is 10.7. The monoisotopic (exact) mass is 223 g/mol. The molecule has 2 unspecified atom stereocenters. The number of ketones is 1. The van der Waals surface area contributed by atoms with Gasteiger partial charge in [0, 0.05) is 12.0 Å². The van der Waals surface area contributed by atoms with Crippen LogP contribution in [0, 0.1) is 11.8 Å². The summed E-state index contributed by atoms with van der Waals surface area (Å²) in [5.74, 6) is 1.67. The van der Waals surface area contributed by atoms with Crippen molar-refractivity contribution >= 4 is 5.78 Å². The van der Waals surface area contributed by atoms with Crippen LogP contribution in [0.4, 0.5) is 0 Å². The number of carbonyl (C=O) groups is 1. The molecule has 1 heterocycles. The molecule has 2 atom stereocenters. The van der Waals surface area contributed by atoms with Gasteiger partial charge in [0.15, 0.2) is 0 Å². The Balaban J connectivity index is 1.81. The molecule has 0 aromatic rings. The van der Waals surface area contributed by atoms with Gasteiger partial charge in [-0.2, -0.15) is 0 Å². The lowest BCUT2D eigenvalue weighted by Gasteiger charge is -2.40. The van der Waals surface area contributed by atoms with Crippen LogP contribution in [-0.4, -0.2) is 29.8 Å². The highest BCUT2D eigenvalue weighted by Crippen LogP contribution is 2.30. The van der Waals surface area contributed by atoms with E-state index >= 15 is 0 Å². The molecule has 92 valence electrons. The van der Waals surface area contributed by atoms with Crippen LogP contribution in [0.15, 0.2) is 0 Å². The molecule has 2 nitrogen and oxygen atoms in total. The Morgan fingerprint density at radius 1 is 1.12 bits per heavy atom. The quantitative estimate of drug-likeness (QED) is 0.717. The first-order chi connectivity index (χ1) is 7.66. The van der Waals surface area contributed by atoms with Gasteiger partial charge in [-0.15, -0.1) is 0 Å². The molecule has 2 aliphatic rings. The van der Waals surface area contributed by atoms with Gasteiger partial charge in [0.2, 0.25) is 0 Å². The second kappa shape index (κ2) is 5.31. The molecular weight excluding hydrogens is 198 g/mol. The van der Waals surface area contributed by atoms with E-state index in [1.54, 1.807) is 6.92 Å². The summed E-state index contributed by atoms with van der Waals surface area (Å²) in [6, 6.07) is 0.816. The molecule has 0 aromatic carbocycles.